The number of nitrogens with one attached hydrogen (secondary N) is 2. The van der Waals surface area contributed by atoms with Crippen molar-refractivity contribution >= 4 is 17.5 Å². The summed E-state index contributed by atoms with van der Waals surface area (Å²) in [6, 6.07) is 5.82. The molecule has 4 nitrogen and oxygen atoms in total. The number of anilines is 1. The van der Waals surface area contributed by atoms with Gasteiger partial charge in [-0.2, -0.15) is 0 Å². The van der Waals surface area contributed by atoms with Crippen molar-refractivity contribution in [3.05, 3.63) is 29.3 Å². The molecule has 0 atom stereocenters. The van der Waals surface area contributed by atoms with Gasteiger partial charge in [0, 0.05) is 12.1 Å². The summed E-state index contributed by atoms with van der Waals surface area (Å²) in [7, 11) is 0. The summed E-state index contributed by atoms with van der Waals surface area (Å²) in [4.78, 5) is 22.9. The van der Waals surface area contributed by atoms with Crippen molar-refractivity contribution < 1.29 is 9.59 Å². The molecule has 4 heteroatoms. The molecule has 0 unspecified atom stereocenters. The van der Waals surface area contributed by atoms with Crippen LogP contribution in [0.15, 0.2) is 18.2 Å². The Labute approximate surface area is 108 Å². The van der Waals surface area contributed by atoms with Crippen molar-refractivity contribution in [3.8, 4) is 0 Å². The zero-order chi connectivity index (χ0) is 13.5. The maximum absolute atomic E-state index is 11.6. The number of amides is 2. The Morgan fingerprint density at radius 2 is 1.89 bits per heavy atom. The van der Waals surface area contributed by atoms with Gasteiger partial charge in [0.2, 0.25) is 11.8 Å². The van der Waals surface area contributed by atoms with Gasteiger partial charge in [-0.15, -0.1) is 0 Å². The molecule has 1 aromatic carbocycles. The smallest absolute Gasteiger partial charge is 0.243 e. The normalized spacial score (nSPS) is 9.94. The molecule has 0 saturated carbocycles. The van der Waals surface area contributed by atoms with Crippen LogP contribution in [0.1, 0.15) is 30.9 Å². The van der Waals surface area contributed by atoms with Gasteiger partial charge in [0.15, 0.2) is 0 Å². The molecule has 0 bridgehead atoms. The van der Waals surface area contributed by atoms with Gasteiger partial charge in [0.05, 0.1) is 6.54 Å². The van der Waals surface area contributed by atoms with Crippen molar-refractivity contribution in [3.63, 3.8) is 0 Å². The zero-order valence-electron chi connectivity index (χ0n) is 11.2. The van der Waals surface area contributed by atoms with E-state index in [1.165, 1.54) is 0 Å². The van der Waals surface area contributed by atoms with Gasteiger partial charge in [0.25, 0.3) is 0 Å². The minimum Gasteiger partial charge on any atom is -0.347 e. The molecule has 1 aromatic rings. The van der Waals surface area contributed by atoms with E-state index < -0.39 is 0 Å². The molecule has 98 valence electrons. The van der Waals surface area contributed by atoms with Gasteiger partial charge < -0.3 is 10.6 Å². The van der Waals surface area contributed by atoms with E-state index >= 15 is 0 Å². The van der Waals surface area contributed by atoms with Crippen molar-refractivity contribution in [2.45, 2.75) is 33.6 Å². The largest absolute Gasteiger partial charge is 0.347 e. The molecule has 0 heterocycles. The second-order valence-electron chi connectivity index (χ2n) is 4.39. The van der Waals surface area contributed by atoms with Gasteiger partial charge >= 0.3 is 0 Å². The van der Waals surface area contributed by atoms with Crippen molar-refractivity contribution in [1.82, 2.24) is 5.32 Å². The lowest BCUT2D eigenvalue weighted by Gasteiger charge is -2.09. The Kier molecular flexibility index (Phi) is 5.36. The van der Waals surface area contributed by atoms with E-state index in [2.05, 4.69) is 10.6 Å². The SMILES string of the molecule is CCCC(=O)NCC(=O)Nc1ccc(C)cc1C. The van der Waals surface area contributed by atoms with Crippen LogP contribution < -0.4 is 10.6 Å². The van der Waals surface area contributed by atoms with Crippen LogP contribution in [0.5, 0.6) is 0 Å². The fourth-order valence-electron chi connectivity index (χ4n) is 1.64. The molecule has 0 saturated heterocycles. The first-order valence-corrected chi connectivity index (χ1v) is 6.16. The molecule has 18 heavy (non-hydrogen) atoms. The first-order valence-electron chi connectivity index (χ1n) is 6.16. The van der Waals surface area contributed by atoms with Crippen LogP contribution in [-0.2, 0) is 9.59 Å². The molecule has 1 rings (SSSR count). The van der Waals surface area contributed by atoms with Crippen LogP contribution >= 0.6 is 0 Å². The van der Waals surface area contributed by atoms with Gasteiger partial charge in [0.1, 0.15) is 0 Å². The van der Waals surface area contributed by atoms with E-state index in [0.717, 1.165) is 23.2 Å². The van der Waals surface area contributed by atoms with Gasteiger partial charge in [-0.1, -0.05) is 24.6 Å². The predicted octanol–water partition coefficient (Wildman–Crippen LogP) is 2.16. The highest BCUT2D eigenvalue weighted by Gasteiger charge is 2.06. The topological polar surface area (TPSA) is 58.2 Å². The maximum Gasteiger partial charge on any atom is 0.243 e. The molecule has 0 aliphatic rings. The lowest BCUT2D eigenvalue weighted by atomic mass is 10.1. The first-order chi connectivity index (χ1) is 8.52. The average molecular weight is 248 g/mol. The standard InChI is InChI=1S/C14H20N2O2/c1-4-5-13(17)15-9-14(18)16-12-7-6-10(2)8-11(12)3/h6-8H,4-5,9H2,1-3H3,(H,15,17)(H,16,18). The Morgan fingerprint density at radius 3 is 2.50 bits per heavy atom. The third-order valence-electron chi connectivity index (χ3n) is 2.58. The zero-order valence-corrected chi connectivity index (χ0v) is 11.2. The molecule has 0 radical (unpaired) electrons. The van der Waals surface area contributed by atoms with E-state index in [0.29, 0.717) is 6.42 Å². The van der Waals surface area contributed by atoms with Crippen LogP contribution in [0.3, 0.4) is 0 Å². The number of hydrogen-bond acceptors (Lipinski definition) is 2. The Hall–Kier alpha value is -1.84. The summed E-state index contributed by atoms with van der Waals surface area (Å²) < 4.78 is 0. The highest BCUT2D eigenvalue weighted by Crippen LogP contribution is 2.15. The quantitative estimate of drug-likeness (QED) is 0.839. The fourth-order valence-corrected chi connectivity index (χ4v) is 1.64. The summed E-state index contributed by atoms with van der Waals surface area (Å²) in [5.74, 6) is -0.292. The Bertz CT molecular complexity index is 441. The maximum atomic E-state index is 11.6. The molecule has 0 fully saturated rings. The predicted molar refractivity (Wildman–Crippen MR) is 72.5 cm³/mol. The molecule has 2 amide bonds. The monoisotopic (exact) mass is 248 g/mol. The van der Waals surface area contributed by atoms with Crippen LogP contribution in [0.2, 0.25) is 0 Å². The van der Waals surface area contributed by atoms with Crippen LogP contribution in [-0.4, -0.2) is 18.4 Å². The van der Waals surface area contributed by atoms with E-state index in [-0.39, 0.29) is 18.4 Å². The summed E-state index contributed by atoms with van der Waals surface area (Å²) in [5.41, 5.74) is 2.96. The molecule has 0 spiro atoms. The van der Waals surface area contributed by atoms with Crippen molar-refractivity contribution in [1.29, 1.82) is 0 Å². The van der Waals surface area contributed by atoms with Gasteiger partial charge in [-0.3, -0.25) is 9.59 Å². The second kappa shape index (κ2) is 6.79. The lowest BCUT2D eigenvalue weighted by molar-refractivity contribution is -0.124. The summed E-state index contributed by atoms with van der Waals surface area (Å²) >= 11 is 0. The summed E-state index contributed by atoms with van der Waals surface area (Å²) in [6.45, 7) is 5.89. The van der Waals surface area contributed by atoms with E-state index in [1.54, 1.807) is 0 Å². The fraction of sp³-hybridized carbons (Fsp3) is 0.429. The molecule has 0 aromatic heterocycles. The third kappa shape index (κ3) is 4.57. The highest BCUT2D eigenvalue weighted by molar-refractivity contribution is 5.95. The number of aryl methyl sites for hydroxylation is 2. The molecule has 2 N–H and O–H groups in total. The molecular weight excluding hydrogens is 228 g/mol. The van der Waals surface area contributed by atoms with Crippen LogP contribution in [0.4, 0.5) is 5.69 Å². The van der Waals surface area contributed by atoms with E-state index in [4.69, 9.17) is 0 Å². The number of rotatable bonds is 5. The average Bonchev–Trinajstić information content (AvgIpc) is 2.31. The lowest BCUT2D eigenvalue weighted by Crippen LogP contribution is -2.32. The van der Waals surface area contributed by atoms with Crippen molar-refractivity contribution in [2.24, 2.45) is 0 Å². The van der Waals surface area contributed by atoms with Crippen LogP contribution in [0.25, 0.3) is 0 Å². The number of carbonyl (C=O) groups is 2. The van der Waals surface area contributed by atoms with Gasteiger partial charge in [-0.05, 0) is 31.9 Å². The minimum absolute atomic E-state index is 0.0200. The second-order valence-corrected chi connectivity index (χ2v) is 4.39. The number of carbonyl (C=O) groups excluding carboxylic acids is 2. The van der Waals surface area contributed by atoms with Gasteiger partial charge in [-0.25, -0.2) is 0 Å². The number of benzene rings is 1. The van der Waals surface area contributed by atoms with Crippen LogP contribution in [0, 0.1) is 13.8 Å². The minimum atomic E-state index is -0.202. The Morgan fingerprint density at radius 1 is 1.17 bits per heavy atom. The van der Waals surface area contributed by atoms with E-state index in [9.17, 15) is 9.59 Å². The summed E-state index contributed by atoms with van der Waals surface area (Å²) in [6.07, 6.45) is 1.24. The molecule has 0 aliphatic carbocycles. The number of hydrogen-bond donors (Lipinski definition) is 2. The highest BCUT2D eigenvalue weighted by atomic mass is 16.2. The first kappa shape index (κ1) is 14.2. The summed E-state index contributed by atoms with van der Waals surface area (Å²) in [5, 5.41) is 5.36. The Balaban J connectivity index is 2.47. The van der Waals surface area contributed by atoms with Crippen molar-refractivity contribution in [2.75, 3.05) is 11.9 Å². The molecular formula is C14H20N2O2. The molecule has 0 aliphatic heterocycles. The third-order valence-corrected chi connectivity index (χ3v) is 2.58. The van der Waals surface area contributed by atoms with E-state index in [1.807, 2.05) is 39.0 Å².